The minimum Gasteiger partial charge on any atom is -0.497 e. The van der Waals surface area contributed by atoms with Crippen molar-refractivity contribution in [3.05, 3.63) is 72.2 Å². The first-order chi connectivity index (χ1) is 15.2. The minimum atomic E-state index is 0.637. The summed E-state index contributed by atoms with van der Waals surface area (Å²) in [5.41, 5.74) is 4.62. The molecule has 0 N–H and O–H groups in total. The maximum Gasteiger partial charge on any atom is 0.163 e. The Kier molecular flexibility index (Phi) is 5.16. The van der Waals surface area contributed by atoms with E-state index in [4.69, 9.17) is 4.74 Å². The predicted molar refractivity (Wildman–Crippen MR) is 123 cm³/mol. The van der Waals surface area contributed by atoms with Crippen LogP contribution in [0.1, 0.15) is 11.1 Å². The number of benzene rings is 2. The molecule has 1 saturated heterocycles. The second-order valence-corrected chi connectivity index (χ2v) is 7.85. The van der Waals surface area contributed by atoms with Crippen molar-refractivity contribution < 1.29 is 4.74 Å². The van der Waals surface area contributed by atoms with Gasteiger partial charge in [-0.25, -0.2) is 14.6 Å². The van der Waals surface area contributed by atoms with Crippen LogP contribution in [0.15, 0.2) is 61.1 Å². The van der Waals surface area contributed by atoms with Crippen LogP contribution in [0.25, 0.3) is 11.0 Å². The second-order valence-electron chi connectivity index (χ2n) is 7.85. The largest absolute Gasteiger partial charge is 0.497 e. The molecule has 0 spiro atoms. The van der Waals surface area contributed by atoms with Gasteiger partial charge < -0.3 is 14.5 Å². The normalized spacial score (nSPS) is 14.3. The zero-order valence-corrected chi connectivity index (χ0v) is 17.9. The fourth-order valence-electron chi connectivity index (χ4n) is 4.27. The van der Waals surface area contributed by atoms with Gasteiger partial charge in [-0.1, -0.05) is 30.3 Å². The molecule has 0 amide bonds. The highest BCUT2D eigenvalue weighted by molar-refractivity contribution is 5.86. The molecule has 158 valence electrons. The van der Waals surface area contributed by atoms with Crippen molar-refractivity contribution in [1.29, 1.82) is 0 Å². The molecule has 31 heavy (non-hydrogen) atoms. The molecule has 7 nitrogen and oxygen atoms in total. The Hall–Kier alpha value is -3.61. The van der Waals surface area contributed by atoms with Gasteiger partial charge in [0.25, 0.3) is 0 Å². The molecule has 4 aromatic rings. The van der Waals surface area contributed by atoms with E-state index in [1.54, 1.807) is 13.4 Å². The predicted octanol–water partition coefficient (Wildman–Crippen LogP) is 3.52. The Morgan fingerprint density at radius 3 is 2.55 bits per heavy atom. The Balaban J connectivity index is 1.36. The van der Waals surface area contributed by atoms with Crippen LogP contribution < -0.4 is 14.5 Å². The molecule has 2 aromatic heterocycles. The van der Waals surface area contributed by atoms with Gasteiger partial charge >= 0.3 is 0 Å². The van der Waals surface area contributed by atoms with E-state index < -0.39 is 0 Å². The van der Waals surface area contributed by atoms with Gasteiger partial charge in [-0.3, -0.25) is 0 Å². The number of hydrogen-bond donors (Lipinski definition) is 0. The number of aryl methyl sites for hydroxylation is 1. The zero-order chi connectivity index (χ0) is 21.2. The number of methoxy groups -OCH3 is 1. The van der Waals surface area contributed by atoms with Crippen LogP contribution in [0.3, 0.4) is 0 Å². The molecule has 7 heteroatoms. The average molecular weight is 415 g/mol. The highest BCUT2D eigenvalue weighted by Crippen LogP contribution is 2.27. The van der Waals surface area contributed by atoms with Crippen LogP contribution in [0, 0.1) is 6.92 Å². The van der Waals surface area contributed by atoms with Crippen molar-refractivity contribution >= 4 is 22.5 Å². The fraction of sp³-hybridized carbons (Fsp3) is 0.292. The van der Waals surface area contributed by atoms with Gasteiger partial charge in [0.2, 0.25) is 0 Å². The summed E-state index contributed by atoms with van der Waals surface area (Å²) in [4.78, 5) is 13.9. The van der Waals surface area contributed by atoms with Crippen molar-refractivity contribution in [3.8, 4) is 5.75 Å². The van der Waals surface area contributed by atoms with Crippen LogP contribution in [-0.4, -0.2) is 53.0 Å². The number of rotatable bonds is 5. The van der Waals surface area contributed by atoms with Crippen molar-refractivity contribution in [3.63, 3.8) is 0 Å². The van der Waals surface area contributed by atoms with Crippen LogP contribution in [0.2, 0.25) is 0 Å². The topological polar surface area (TPSA) is 59.3 Å². The number of anilines is 2. The first kappa shape index (κ1) is 19.4. The van der Waals surface area contributed by atoms with Crippen molar-refractivity contribution in [2.45, 2.75) is 13.5 Å². The number of fused-ring (bicyclic) bond motifs is 1. The van der Waals surface area contributed by atoms with Crippen LogP contribution >= 0.6 is 0 Å². The molecule has 0 aliphatic carbocycles. The maximum atomic E-state index is 5.34. The number of nitrogens with zero attached hydrogens (tertiary/aromatic N) is 6. The third-order valence-corrected chi connectivity index (χ3v) is 5.91. The smallest absolute Gasteiger partial charge is 0.163 e. The van der Waals surface area contributed by atoms with Crippen molar-refractivity contribution in [1.82, 2.24) is 19.7 Å². The SMILES string of the molecule is COc1cccc(Cn2ncc3c(N4CCN(c5ccccc5C)CC4)ncnc32)c1. The lowest BCUT2D eigenvalue weighted by atomic mass is 10.1. The van der Waals surface area contributed by atoms with Gasteiger partial charge in [0.1, 0.15) is 17.9 Å². The maximum absolute atomic E-state index is 5.34. The van der Waals surface area contributed by atoms with Gasteiger partial charge in [0.05, 0.1) is 25.2 Å². The number of piperazine rings is 1. The summed E-state index contributed by atoms with van der Waals surface area (Å²) in [5, 5.41) is 5.61. The minimum absolute atomic E-state index is 0.637. The number of hydrogen-bond acceptors (Lipinski definition) is 6. The van der Waals surface area contributed by atoms with Crippen LogP contribution in [0.4, 0.5) is 11.5 Å². The first-order valence-electron chi connectivity index (χ1n) is 10.6. The Labute approximate surface area is 181 Å². The Morgan fingerprint density at radius 1 is 0.935 bits per heavy atom. The van der Waals surface area contributed by atoms with E-state index in [-0.39, 0.29) is 0 Å². The van der Waals surface area contributed by atoms with Crippen LogP contribution in [0.5, 0.6) is 5.75 Å². The molecule has 0 radical (unpaired) electrons. The summed E-state index contributed by atoms with van der Waals surface area (Å²) in [6.45, 7) is 6.58. The van der Waals surface area contributed by atoms with Gasteiger partial charge in [0.15, 0.2) is 5.65 Å². The summed E-state index contributed by atoms with van der Waals surface area (Å²) in [5.74, 6) is 1.81. The van der Waals surface area contributed by atoms with E-state index in [1.165, 1.54) is 11.3 Å². The zero-order valence-electron chi connectivity index (χ0n) is 17.9. The molecule has 0 bridgehead atoms. The summed E-state index contributed by atoms with van der Waals surface area (Å²) >= 11 is 0. The molecule has 1 aliphatic rings. The molecule has 0 saturated carbocycles. The third-order valence-electron chi connectivity index (χ3n) is 5.91. The van der Waals surface area contributed by atoms with E-state index in [1.807, 2.05) is 29.1 Å². The second kappa shape index (κ2) is 8.26. The Morgan fingerprint density at radius 2 is 1.74 bits per heavy atom. The summed E-state index contributed by atoms with van der Waals surface area (Å²) in [6.07, 6.45) is 3.54. The number of aromatic nitrogens is 4. The summed E-state index contributed by atoms with van der Waals surface area (Å²) in [6, 6.07) is 16.6. The molecular formula is C24H26N6O. The molecule has 3 heterocycles. The molecule has 0 unspecified atom stereocenters. The fourth-order valence-corrected chi connectivity index (χ4v) is 4.27. The Bertz CT molecular complexity index is 1200. The molecule has 1 fully saturated rings. The average Bonchev–Trinajstić information content (AvgIpc) is 3.22. The summed E-state index contributed by atoms with van der Waals surface area (Å²) in [7, 11) is 1.68. The molecule has 5 rings (SSSR count). The highest BCUT2D eigenvalue weighted by Gasteiger charge is 2.22. The van der Waals surface area contributed by atoms with E-state index in [9.17, 15) is 0 Å². The molecule has 2 aromatic carbocycles. The van der Waals surface area contributed by atoms with E-state index in [2.05, 4.69) is 62.1 Å². The van der Waals surface area contributed by atoms with E-state index in [0.29, 0.717) is 6.54 Å². The lowest BCUT2D eigenvalue weighted by Crippen LogP contribution is -2.47. The standard InChI is InChI=1S/C24H26N6O/c1-18-6-3-4-9-22(18)28-10-12-29(13-11-28)23-21-15-27-30(24(21)26-17-25-23)16-19-7-5-8-20(14-19)31-2/h3-9,14-15,17H,10-13,16H2,1-2H3. The number of para-hydroxylation sites is 1. The molecule has 0 atom stereocenters. The summed E-state index contributed by atoms with van der Waals surface area (Å²) < 4.78 is 7.27. The highest BCUT2D eigenvalue weighted by atomic mass is 16.5. The monoisotopic (exact) mass is 414 g/mol. The lowest BCUT2D eigenvalue weighted by molar-refractivity contribution is 0.414. The van der Waals surface area contributed by atoms with Gasteiger partial charge in [0, 0.05) is 31.9 Å². The van der Waals surface area contributed by atoms with E-state index >= 15 is 0 Å². The van der Waals surface area contributed by atoms with Crippen molar-refractivity contribution in [2.24, 2.45) is 0 Å². The van der Waals surface area contributed by atoms with Gasteiger partial charge in [-0.05, 0) is 36.2 Å². The molecule has 1 aliphatic heterocycles. The number of ether oxygens (including phenoxy) is 1. The van der Waals surface area contributed by atoms with Crippen molar-refractivity contribution in [2.75, 3.05) is 43.1 Å². The van der Waals surface area contributed by atoms with Crippen LogP contribution in [-0.2, 0) is 6.54 Å². The quantitative estimate of drug-likeness (QED) is 0.498. The third kappa shape index (κ3) is 3.79. The lowest BCUT2D eigenvalue weighted by Gasteiger charge is -2.37. The van der Waals surface area contributed by atoms with Gasteiger partial charge in [-0.15, -0.1) is 0 Å². The van der Waals surface area contributed by atoms with E-state index in [0.717, 1.165) is 54.3 Å². The molecular weight excluding hydrogens is 388 g/mol. The first-order valence-corrected chi connectivity index (χ1v) is 10.6. The van der Waals surface area contributed by atoms with Gasteiger partial charge in [-0.2, -0.15) is 5.10 Å².